The van der Waals surface area contributed by atoms with Gasteiger partial charge in [-0.3, -0.25) is 4.98 Å². The Morgan fingerprint density at radius 2 is 1.95 bits per heavy atom. The molecule has 1 unspecified atom stereocenters. The third-order valence-electron chi connectivity index (χ3n) is 3.21. The summed E-state index contributed by atoms with van der Waals surface area (Å²) in [6.07, 6.45) is 3.46. The van der Waals surface area contributed by atoms with Crippen molar-refractivity contribution in [1.29, 1.82) is 0 Å². The average molecular weight is 260 g/mol. The van der Waals surface area contributed by atoms with Crippen molar-refractivity contribution in [3.63, 3.8) is 0 Å². The zero-order valence-electron chi connectivity index (χ0n) is 11.6. The number of nitrogens with zero attached hydrogens (tertiary/aromatic N) is 1. The van der Waals surface area contributed by atoms with Gasteiger partial charge in [0.1, 0.15) is 0 Å². The summed E-state index contributed by atoms with van der Waals surface area (Å²) in [6.45, 7) is 2.82. The molecule has 0 saturated heterocycles. The summed E-state index contributed by atoms with van der Waals surface area (Å²) < 4.78 is 10.5. The molecular weight excluding hydrogens is 240 g/mol. The first-order valence-electron chi connectivity index (χ1n) is 6.36. The van der Waals surface area contributed by atoms with E-state index in [9.17, 15) is 0 Å². The van der Waals surface area contributed by atoms with E-state index in [1.54, 1.807) is 14.2 Å². The number of fused-ring (bicyclic) bond motifs is 1. The maximum Gasteiger partial charge on any atom is 0.171 e. The largest absolute Gasteiger partial charge is 0.354 e. The third-order valence-corrected chi connectivity index (χ3v) is 3.21. The Hall–Kier alpha value is -1.49. The normalized spacial score (nSPS) is 13.1. The molecule has 0 aliphatic carbocycles. The Balaban J connectivity index is 2.01. The van der Waals surface area contributed by atoms with Crippen molar-refractivity contribution < 1.29 is 9.47 Å². The van der Waals surface area contributed by atoms with Crippen LogP contribution in [0, 0.1) is 0 Å². The minimum atomic E-state index is -0.232. The fourth-order valence-electron chi connectivity index (χ4n) is 2.12. The van der Waals surface area contributed by atoms with E-state index in [0.29, 0.717) is 0 Å². The number of rotatable bonds is 6. The van der Waals surface area contributed by atoms with Crippen LogP contribution in [-0.4, -0.2) is 31.5 Å². The standard InChI is InChI=1S/C15H20N2O2/c1-11(15(18-2)19-3)17-9-12-4-5-14-10-16-7-6-13(14)8-12/h4-8,10-11,15,17H,9H2,1-3H3. The van der Waals surface area contributed by atoms with Crippen LogP contribution in [0.2, 0.25) is 0 Å². The molecule has 1 heterocycles. The van der Waals surface area contributed by atoms with Gasteiger partial charge in [0.05, 0.1) is 6.04 Å². The lowest BCUT2D eigenvalue weighted by Gasteiger charge is -2.22. The van der Waals surface area contributed by atoms with E-state index in [4.69, 9.17) is 9.47 Å². The van der Waals surface area contributed by atoms with Crippen LogP contribution in [0.15, 0.2) is 36.7 Å². The van der Waals surface area contributed by atoms with Gasteiger partial charge < -0.3 is 14.8 Å². The van der Waals surface area contributed by atoms with E-state index in [0.717, 1.165) is 11.9 Å². The molecule has 0 bridgehead atoms. The SMILES string of the molecule is COC(OC)C(C)NCc1ccc2cnccc2c1. The molecule has 4 nitrogen and oxygen atoms in total. The number of hydrogen-bond donors (Lipinski definition) is 1. The highest BCUT2D eigenvalue weighted by Crippen LogP contribution is 2.14. The number of hydrogen-bond acceptors (Lipinski definition) is 4. The molecule has 19 heavy (non-hydrogen) atoms. The van der Waals surface area contributed by atoms with Gasteiger partial charge in [-0.05, 0) is 30.0 Å². The highest BCUT2D eigenvalue weighted by Gasteiger charge is 2.14. The first-order valence-corrected chi connectivity index (χ1v) is 6.36. The van der Waals surface area contributed by atoms with Gasteiger partial charge >= 0.3 is 0 Å². The summed E-state index contributed by atoms with van der Waals surface area (Å²) >= 11 is 0. The number of nitrogens with one attached hydrogen (secondary N) is 1. The summed E-state index contributed by atoms with van der Waals surface area (Å²) in [5.74, 6) is 0. The first-order chi connectivity index (χ1) is 9.24. The number of ether oxygens (including phenoxy) is 2. The summed E-state index contributed by atoms with van der Waals surface area (Å²) in [4.78, 5) is 4.11. The van der Waals surface area contributed by atoms with Crippen molar-refractivity contribution in [2.24, 2.45) is 0 Å². The molecule has 102 valence electrons. The van der Waals surface area contributed by atoms with E-state index in [-0.39, 0.29) is 12.3 Å². The van der Waals surface area contributed by atoms with Crippen molar-refractivity contribution in [2.45, 2.75) is 25.8 Å². The topological polar surface area (TPSA) is 43.4 Å². The van der Waals surface area contributed by atoms with E-state index in [2.05, 4.69) is 28.5 Å². The summed E-state index contributed by atoms with van der Waals surface area (Å²) in [7, 11) is 3.30. The predicted molar refractivity (Wildman–Crippen MR) is 75.9 cm³/mol. The molecule has 0 spiro atoms. The van der Waals surface area contributed by atoms with Gasteiger partial charge in [0.25, 0.3) is 0 Å². The van der Waals surface area contributed by atoms with Gasteiger partial charge in [0.15, 0.2) is 6.29 Å². The van der Waals surface area contributed by atoms with Crippen LogP contribution in [0.1, 0.15) is 12.5 Å². The monoisotopic (exact) mass is 260 g/mol. The molecule has 2 rings (SSSR count). The molecule has 1 aromatic heterocycles. The number of aromatic nitrogens is 1. The zero-order valence-corrected chi connectivity index (χ0v) is 11.6. The van der Waals surface area contributed by atoms with Crippen LogP contribution >= 0.6 is 0 Å². The quantitative estimate of drug-likeness (QED) is 0.810. The molecule has 4 heteroatoms. The van der Waals surface area contributed by atoms with Crippen LogP contribution in [0.4, 0.5) is 0 Å². The summed E-state index contributed by atoms with van der Waals surface area (Å²) in [6, 6.07) is 8.52. The van der Waals surface area contributed by atoms with E-state index in [1.807, 2.05) is 25.4 Å². The van der Waals surface area contributed by atoms with Crippen LogP contribution in [0.5, 0.6) is 0 Å². The van der Waals surface area contributed by atoms with Crippen molar-refractivity contribution in [3.8, 4) is 0 Å². The van der Waals surface area contributed by atoms with Crippen LogP contribution in [0.25, 0.3) is 10.8 Å². The highest BCUT2D eigenvalue weighted by atomic mass is 16.7. The maximum absolute atomic E-state index is 5.23. The lowest BCUT2D eigenvalue weighted by molar-refractivity contribution is -0.119. The maximum atomic E-state index is 5.23. The highest BCUT2D eigenvalue weighted by molar-refractivity contribution is 5.81. The van der Waals surface area contributed by atoms with Gasteiger partial charge in [-0.1, -0.05) is 12.1 Å². The molecule has 0 amide bonds. The third kappa shape index (κ3) is 3.50. The van der Waals surface area contributed by atoms with E-state index >= 15 is 0 Å². The molecule has 1 atom stereocenters. The number of methoxy groups -OCH3 is 2. The second kappa shape index (κ2) is 6.61. The number of pyridine rings is 1. The van der Waals surface area contributed by atoms with Crippen molar-refractivity contribution >= 4 is 10.8 Å². The van der Waals surface area contributed by atoms with Crippen LogP contribution in [-0.2, 0) is 16.0 Å². The molecule has 0 aliphatic rings. The molecule has 2 aromatic rings. The van der Waals surface area contributed by atoms with E-state index in [1.165, 1.54) is 10.9 Å². The fourth-order valence-corrected chi connectivity index (χ4v) is 2.12. The molecule has 0 fully saturated rings. The van der Waals surface area contributed by atoms with Gasteiger partial charge in [-0.2, -0.15) is 0 Å². The zero-order chi connectivity index (χ0) is 13.7. The summed E-state index contributed by atoms with van der Waals surface area (Å²) in [5.41, 5.74) is 1.23. The van der Waals surface area contributed by atoms with E-state index < -0.39 is 0 Å². The average Bonchev–Trinajstić information content (AvgIpc) is 2.46. The van der Waals surface area contributed by atoms with Crippen LogP contribution in [0.3, 0.4) is 0 Å². The fraction of sp³-hybridized carbons (Fsp3) is 0.400. The lowest BCUT2D eigenvalue weighted by Crippen LogP contribution is -2.39. The van der Waals surface area contributed by atoms with Gasteiger partial charge in [-0.15, -0.1) is 0 Å². The smallest absolute Gasteiger partial charge is 0.171 e. The Morgan fingerprint density at radius 1 is 1.16 bits per heavy atom. The van der Waals surface area contributed by atoms with Crippen molar-refractivity contribution in [1.82, 2.24) is 10.3 Å². The van der Waals surface area contributed by atoms with Gasteiger partial charge in [-0.25, -0.2) is 0 Å². The molecule has 1 N–H and O–H groups in total. The molecule has 0 saturated carbocycles. The van der Waals surface area contributed by atoms with Gasteiger partial charge in [0, 0.05) is 38.5 Å². The molecule has 0 aliphatic heterocycles. The molecular formula is C15H20N2O2. The summed E-state index contributed by atoms with van der Waals surface area (Å²) in [5, 5.41) is 5.76. The lowest BCUT2D eigenvalue weighted by atomic mass is 10.1. The second-order valence-electron chi connectivity index (χ2n) is 4.57. The number of benzene rings is 1. The Kier molecular flexibility index (Phi) is 4.85. The Bertz CT molecular complexity index is 526. The van der Waals surface area contributed by atoms with Crippen LogP contribution < -0.4 is 5.32 Å². The molecule has 1 aromatic carbocycles. The van der Waals surface area contributed by atoms with Gasteiger partial charge in [0.2, 0.25) is 0 Å². The first kappa shape index (κ1) is 13.9. The minimum absolute atomic E-state index is 0.128. The predicted octanol–water partition coefficient (Wildman–Crippen LogP) is 2.33. The Labute approximate surface area is 113 Å². The second-order valence-corrected chi connectivity index (χ2v) is 4.57. The Morgan fingerprint density at radius 3 is 2.68 bits per heavy atom. The van der Waals surface area contributed by atoms with Crippen molar-refractivity contribution in [3.05, 3.63) is 42.2 Å². The minimum Gasteiger partial charge on any atom is -0.354 e. The molecule has 0 radical (unpaired) electrons. The van der Waals surface area contributed by atoms with Crippen molar-refractivity contribution in [2.75, 3.05) is 14.2 Å².